The van der Waals surface area contributed by atoms with Crippen LogP contribution in [0.25, 0.3) is 0 Å². The minimum absolute atomic E-state index is 0.0422. The van der Waals surface area contributed by atoms with Gasteiger partial charge in [-0.2, -0.15) is 0 Å². The molecule has 1 aromatic heterocycles. The Morgan fingerprint density at radius 1 is 0.966 bits per heavy atom. The van der Waals surface area contributed by atoms with E-state index in [1.54, 1.807) is 0 Å². The lowest BCUT2D eigenvalue weighted by molar-refractivity contribution is -0.151. The lowest BCUT2D eigenvalue weighted by atomic mass is 9.62. The molecular weight excluding hydrogens is 388 g/mol. The Morgan fingerprint density at radius 3 is 2.31 bits per heavy atom. The number of hydrogen-bond acceptors (Lipinski definition) is 4. The molecule has 0 aliphatic heterocycles. The molecule has 6 nitrogen and oxygen atoms in total. The molecule has 5 aliphatic carbocycles. The van der Waals surface area contributed by atoms with Gasteiger partial charge in [0.2, 0.25) is 5.91 Å². The third-order valence-electron chi connectivity index (χ3n) is 6.88. The monoisotopic (exact) mass is 414 g/mol. The average Bonchev–Trinajstić information content (AvgIpc) is 3.45. The number of amides is 2. The molecule has 154 valence electrons. The molecule has 4 unspecified atom stereocenters. The van der Waals surface area contributed by atoms with Gasteiger partial charge in [0, 0.05) is 10.9 Å². The zero-order chi connectivity index (χ0) is 20.1. The molecule has 2 bridgehead atoms. The molecule has 3 N–H and O–H groups in total. The van der Waals surface area contributed by atoms with Crippen molar-refractivity contribution in [3.63, 3.8) is 0 Å². The number of carboxylic acid groups (broad SMARTS) is 1. The predicted octanol–water partition coefficient (Wildman–Crippen LogP) is 3.37. The molecular formula is C22H26N2O4S. The molecule has 4 atom stereocenters. The summed E-state index contributed by atoms with van der Waals surface area (Å²) < 4.78 is 0. The summed E-state index contributed by atoms with van der Waals surface area (Å²) in [4.78, 5) is 39.3. The van der Waals surface area contributed by atoms with Crippen LogP contribution in [-0.2, 0) is 22.4 Å². The van der Waals surface area contributed by atoms with Gasteiger partial charge in [-0.05, 0) is 68.8 Å². The maximum absolute atomic E-state index is 13.3. The number of carbonyl (C=O) groups excluding carboxylic acids is 2. The number of aryl methyl sites for hydroxylation is 1. The predicted molar refractivity (Wildman–Crippen MR) is 110 cm³/mol. The van der Waals surface area contributed by atoms with Crippen molar-refractivity contribution in [3.8, 4) is 0 Å². The van der Waals surface area contributed by atoms with Crippen molar-refractivity contribution in [2.45, 2.75) is 57.4 Å². The van der Waals surface area contributed by atoms with Gasteiger partial charge in [0.25, 0.3) is 5.91 Å². The Kier molecular flexibility index (Phi) is 4.73. The fraction of sp³-hybridized carbons (Fsp3) is 0.591. The molecule has 2 fully saturated rings. The van der Waals surface area contributed by atoms with Crippen LogP contribution in [-0.4, -0.2) is 28.9 Å². The Morgan fingerprint density at radius 2 is 1.66 bits per heavy atom. The molecule has 2 saturated carbocycles. The van der Waals surface area contributed by atoms with Crippen LogP contribution in [0.15, 0.2) is 12.2 Å². The lowest BCUT2D eigenvalue weighted by Gasteiger charge is -2.41. The summed E-state index contributed by atoms with van der Waals surface area (Å²) in [6.07, 6.45) is 11.6. The first-order valence-electron chi connectivity index (χ1n) is 10.7. The highest BCUT2D eigenvalue weighted by Gasteiger charge is 2.48. The number of anilines is 1. The second kappa shape index (κ2) is 7.27. The molecule has 1 heterocycles. The van der Waals surface area contributed by atoms with Crippen molar-refractivity contribution in [1.29, 1.82) is 0 Å². The summed E-state index contributed by atoms with van der Waals surface area (Å²) in [6, 6.07) is 0.251. The molecule has 1 aromatic rings. The third kappa shape index (κ3) is 3.39. The van der Waals surface area contributed by atoms with E-state index in [1.807, 2.05) is 12.2 Å². The van der Waals surface area contributed by atoms with E-state index in [1.165, 1.54) is 16.2 Å². The molecule has 0 spiro atoms. The molecule has 2 amide bonds. The molecule has 0 saturated heterocycles. The molecule has 5 aliphatic rings. The van der Waals surface area contributed by atoms with Gasteiger partial charge in [-0.25, -0.2) is 0 Å². The van der Waals surface area contributed by atoms with Crippen molar-refractivity contribution in [2.75, 3.05) is 5.32 Å². The Labute approximate surface area is 173 Å². The standard InChI is InChI=1S/C22H26N2O4S/c25-19(16-11-5-7-12(8-6-11)17(16)22(27)28)24-21-18(20(26)23-13-9-10-13)14-3-1-2-4-15(14)29-21/h5,7,11-13,16-17H,1-4,6,8-10H2,(H,23,26)(H,24,25)(H,27,28). The maximum atomic E-state index is 13.3. The molecule has 7 heteroatoms. The number of nitrogens with one attached hydrogen (secondary N) is 2. The average molecular weight is 415 g/mol. The van der Waals surface area contributed by atoms with E-state index in [0.29, 0.717) is 10.6 Å². The first-order chi connectivity index (χ1) is 14.0. The van der Waals surface area contributed by atoms with Crippen molar-refractivity contribution in [2.24, 2.45) is 23.7 Å². The molecule has 6 rings (SSSR count). The van der Waals surface area contributed by atoms with Gasteiger partial charge < -0.3 is 15.7 Å². The van der Waals surface area contributed by atoms with E-state index in [9.17, 15) is 19.5 Å². The van der Waals surface area contributed by atoms with Crippen LogP contribution < -0.4 is 10.6 Å². The zero-order valence-electron chi connectivity index (χ0n) is 16.3. The number of carbonyl (C=O) groups is 3. The van der Waals surface area contributed by atoms with Crippen LogP contribution in [0.2, 0.25) is 0 Å². The number of aliphatic carboxylic acids is 1. The SMILES string of the molecule is O=C(NC1CC1)c1c(NC(=O)C2C3C=CC(CC3)C2C(=O)O)sc2c1CCCC2. The van der Waals surface area contributed by atoms with E-state index < -0.39 is 17.8 Å². The van der Waals surface area contributed by atoms with Crippen LogP contribution in [0.3, 0.4) is 0 Å². The summed E-state index contributed by atoms with van der Waals surface area (Å²) >= 11 is 1.50. The van der Waals surface area contributed by atoms with Gasteiger partial charge >= 0.3 is 5.97 Å². The lowest BCUT2D eigenvalue weighted by Crippen LogP contribution is -2.47. The number of allylic oxidation sites excluding steroid dienone is 2. The van der Waals surface area contributed by atoms with Crippen LogP contribution >= 0.6 is 11.3 Å². The van der Waals surface area contributed by atoms with E-state index in [0.717, 1.165) is 56.9 Å². The third-order valence-corrected chi connectivity index (χ3v) is 8.09. The van der Waals surface area contributed by atoms with Crippen LogP contribution in [0.4, 0.5) is 5.00 Å². The van der Waals surface area contributed by atoms with E-state index in [-0.39, 0.29) is 29.7 Å². The zero-order valence-corrected chi connectivity index (χ0v) is 17.1. The highest BCUT2D eigenvalue weighted by molar-refractivity contribution is 7.17. The van der Waals surface area contributed by atoms with Gasteiger partial charge in [-0.15, -0.1) is 11.3 Å². The Balaban J connectivity index is 1.44. The number of carboxylic acids is 1. The number of fused-ring (bicyclic) bond motifs is 3. The molecule has 0 aromatic carbocycles. The van der Waals surface area contributed by atoms with Crippen molar-refractivity contribution in [3.05, 3.63) is 28.2 Å². The van der Waals surface area contributed by atoms with E-state index >= 15 is 0 Å². The normalized spacial score (nSPS) is 29.9. The van der Waals surface area contributed by atoms with Crippen LogP contribution in [0, 0.1) is 23.7 Å². The second-order valence-electron chi connectivity index (χ2n) is 8.83. The van der Waals surface area contributed by atoms with Crippen molar-refractivity contribution < 1.29 is 19.5 Å². The van der Waals surface area contributed by atoms with E-state index in [4.69, 9.17) is 0 Å². The quantitative estimate of drug-likeness (QED) is 0.644. The second-order valence-corrected chi connectivity index (χ2v) is 9.94. The topological polar surface area (TPSA) is 95.5 Å². The molecule has 0 radical (unpaired) electrons. The van der Waals surface area contributed by atoms with E-state index in [2.05, 4.69) is 10.6 Å². The maximum Gasteiger partial charge on any atom is 0.307 e. The smallest absolute Gasteiger partial charge is 0.307 e. The van der Waals surface area contributed by atoms with Gasteiger partial charge in [0.15, 0.2) is 0 Å². The molecule has 29 heavy (non-hydrogen) atoms. The highest BCUT2D eigenvalue weighted by atomic mass is 32.1. The summed E-state index contributed by atoms with van der Waals surface area (Å²) in [5.41, 5.74) is 1.70. The summed E-state index contributed by atoms with van der Waals surface area (Å²) in [5.74, 6) is -2.63. The fourth-order valence-corrected chi connectivity index (χ4v) is 6.55. The van der Waals surface area contributed by atoms with Gasteiger partial charge in [-0.3, -0.25) is 14.4 Å². The minimum atomic E-state index is -0.902. The Hall–Kier alpha value is -2.15. The largest absolute Gasteiger partial charge is 0.481 e. The minimum Gasteiger partial charge on any atom is -0.481 e. The van der Waals surface area contributed by atoms with Crippen molar-refractivity contribution in [1.82, 2.24) is 5.32 Å². The van der Waals surface area contributed by atoms with Crippen LogP contribution in [0.1, 0.15) is 59.3 Å². The van der Waals surface area contributed by atoms with Crippen molar-refractivity contribution >= 4 is 34.1 Å². The number of rotatable bonds is 5. The first-order valence-corrected chi connectivity index (χ1v) is 11.5. The van der Waals surface area contributed by atoms with Gasteiger partial charge in [0.05, 0.1) is 17.4 Å². The number of thiophene rings is 1. The summed E-state index contributed by atoms with van der Waals surface area (Å²) in [7, 11) is 0. The van der Waals surface area contributed by atoms with Gasteiger partial charge in [-0.1, -0.05) is 12.2 Å². The Bertz CT molecular complexity index is 901. The summed E-state index contributed by atoms with van der Waals surface area (Å²) in [6.45, 7) is 0. The highest BCUT2D eigenvalue weighted by Crippen LogP contribution is 2.46. The van der Waals surface area contributed by atoms with Gasteiger partial charge in [0.1, 0.15) is 5.00 Å². The van der Waals surface area contributed by atoms with Crippen LogP contribution in [0.5, 0.6) is 0 Å². The fourth-order valence-electron chi connectivity index (χ4n) is 5.26. The summed E-state index contributed by atoms with van der Waals surface area (Å²) in [5, 5.41) is 16.4. The first kappa shape index (κ1) is 18.9. The number of hydrogen-bond donors (Lipinski definition) is 3.